The van der Waals surface area contributed by atoms with Gasteiger partial charge in [-0.1, -0.05) is 41.4 Å². The van der Waals surface area contributed by atoms with E-state index in [1.165, 1.54) is 0 Å². The van der Waals surface area contributed by atoms with Crippen molar-refractivity contribution in [2.75, 3.05) is 0 Å². The fourth-order valence-corrected chi connectivity index (χ4v) is 2.81. The number of para-hydroxylation sites is 1. The fourth-order valence-electron chi connectivity index (χ4n) is 2.07. The first-order valence-electron chi connectivity index (χ1n) is 5.95. The zero-order valence-corrected chi connectivity index (χ0v) is 13.3. The van der Waals surface area contributed by atoms with Crippen molar-refractivity contribution in [1.29, 1.82) is 0 Å². The second-order valence-electron chi connectivity index (χ2n) is 4.46. The molecule has 1 atom stereocenters. The highest BCUT2D eigenvalue weighted by molar-refractivity contribution is 9.10. The first kappa shape index (κ1) is 14.0. The Labute approximate surface area is 134 Å². The van der Waals surface area contributed by atoms with Gasteiger partial charge in [0.05, 0.1) is 16.1 Å². The molecule has 0 aliphatic heterocycles. The van der Waals surface area contributed by atoms with Crippen LogP contribution < -0.4 is 5.73 Å². The van der Waals surface area contributed by atoms with E-state index in [4.69, 9.17) is 33.4 Å². The predicted molar refractivity (Wildman–Crippen MR) is 86.4 cm³/mol. The maximum atomic E-state index is 6.25. The standard InChI is InChI=1S/C15H10BrCl2NO/c16-10-6-8(4-5-11(10)17)14(19)13-7-9-2-1-3-12(18)15(9)20-13/h1-7,14H,19H2. The van der Waals surface area contributed by atoms with E-state index in [0.29, 0.717) is 21.4 Å². The summed E-state index contributed by atoms with van der Waals surface area (Å²) >= 11 is 15.5. The van der Waals surface area contributed by atoms with Gasteiger partial charge in [0.2, 0.25) is 0 Å². The zero-order valence-electron chi connectivity index (χ0n) is 10.2. The van der Waals surface area contributed by atoms with Gasteiger partial charge in [0, 0.05) is 9.86 Å². The molecule has 3 aromatic rings. The van der Waals surface area contributed by atoms with Crippen LogP contribution in [0.5, 0.6) is 0 Å². The van der Waals surface area contributed by atoms with Gasteiger partial charge in [-0.2, -0.15) is 0 Å². The van der Waals surface area contributed by atoms with Crippen LogP contribution in [-0.2, 0) is 0 Å². The van der Waals surface area contributed by atoms with Crippen LogP contribution in [0.1, 0.15) is 17.4 Å². The third-order valence-electron chi connectivity index (χ3n) is 3.12. The second kappa shape index (κ2) is 5.41. The molecule has 2 aromatic carbocycles. The van der Waals surface area contributed by atoms with E-state index in [1.807, 2.05) is 30.3 Å². The Morgan fingerprint density at radius 2 is 1.85 bits per heavy atom. The Morgan fingerprint density at radius 3 is 2.55 bits per heavy atom. The molecule has 0 saturated heterocycles. The van der Waals surface area contributed by atoms with E-state index in [-0.39, 0.29) is 6.04 Å². The molecule has 0 bridgehead atoms. The SMILES string of the molecule is NC(c1ccc(Cl)c(Br)c1)c1cc2cccc(Cl)c2o1. The molecule has 0 radical (unpaired) electrons. The summed E-state index contributed by atoms with van der Waals surface area (Å²) in [5, 5.41) is 2.17. The Morgan fingerprint density at radius 1 is 1.05 bits per heavy atom. The fraction of sp³-hybridized carbons (Fsp3) is 0.0667. The van der Waals surface area contributed by atoms with E-state index in [1.54, 1.807) is 12.1 Å². The molecule has 2 N–H and O–H groups in total. The minimum absolute atomic E-state index is 0.368. The minimum Gasteiger partial charge on any atom is -0.457 e. The number of furan rings is 1. The van der Waals surface area contributed by atoms with Gasteiger partial charge in [-0.05, 0) is 45.8 Å². The number of benzene rings is 2. The number of hydrogen-bond donors (Lipinski definition) is 1. The molecule has 1 heterocycles. The second-order valence-corrected chi connectivity index (χ2v) is 6.13. The predicted octanol–water partition coefficient (Wildman–Crippen LogP) is 5.55. The van der Waals surface area contributed by atoms with Crippen LogP contribution in [0.15, 0.2) is 51.4 Å². The summed E-state index contributed by atoms with van der Waals surface area (Å²) in [5.41, 5.74) is 7.82. The highest BCUT2D eigenvalue weighted by Crippen LogP contribution is 2.32. The molecule has 1 unspecified atom stereocenters. The molecule has 102 valence electrons. The first-order valence-corrected chi connectivity index (χ1v) is 7.49. The number of fused-ring (bicyclic) bond motifs is 1. The van der Waals surface area contributed by atoms with Crippen molar-refractivity contribution in [3.05, 3.63) is 68.3 Å². The Bertz CT molecular complexity index is 785. The molecule has 1 aromatic heterocycles. The molecule has 0 aliphatic carbocycles. The lowest BCUT2D eigenvalue weighted by Gasteiger charge is -2.10. The van der Waals surface area contributed by atoms with E-state index < -0.39 is 0 Å². The van der Waals surface area contributed by atoms with Crippen LogP contribution in [0.3, 0.4) is 0 Å². The van der Waals surface area contributed by atoms with Crippen LogP contribution >= 0.6 is 39.1 Å². The van der Waals surface area contributed by atoms with Gasteiger partial charge in [-0.25, -0.2) is 0 Å². The van der Waals surface area contributed by atoms with Crippen molar-refractivity contribution in [3.8, 4) is 0 Å². The van der Waals surface area contributed by atoms with Crippen molar-refractivity contribution < 1.29 is 4.42 Å². The van der Waals surface area contributed by atoms with Gasteiger partial charge >= 0.3 is 0 Å². The summed E-state index contributed by atoms with van der Waals surface area (Å²) in [6, 6.07) is 12.7. The number of hydrogen-bond acceptors (Lipinski definition) is 2. The first-order chi connectivity index (χ1) is 9.56. The summed E-state index contributed by atoms with van der Waals surface area (Å²) in [6.45, 7) is 0. The van der Waals surface area contributed by atoms with Gasteiger partial charge in [0.1, 0.15) is 5.76 Å². The highest BCUT2D eigenvalue weighted by atomic mass is 79.9. The highest BCUT2D eigenvalue weighted by Gasteiger charge is 2.16. The topological polar surface area (TPSA) is 39.2 Å². The third kappa shape index (κ3) is 2.47. The van der Waals surface area contributed by atoms with Crippen LogP contribution in [0.4, 0.5) is 0 Å². The Balaban J connectivity index is 2.05. The van der Waals surface area contributed by atoms with Crippen molar-refractivity contribution in [2.24, 2.45) is 5.73 Å². The lowest BCUT2D eigenvalue weighted by molar-refractivity contribution is 0.525. The van der Waals surface area contributed by atoms with Crippen LogP contribution in [0, 0.1) is 0 Å². The number of nitrogens with two attached hydrogens (primary N) is 1. The van der Waals surface area contributed by atoms with Crippen LogP contribution in [0.25, 0.3) is 11.0 Å². The molecule has 0 fully saturated rings. The quantitative estimate of drug-likeness (QED) is 0.642. The Hall–Kier alpha value is -1.00. The van der Waals surface area contributed by atoms with Crippen LogP contribution in [-0.4, -0.2) is 0 Å². The van der Waals surface area contributed by atoms with Gasteiger partial charge in [-0.3, -0.25) is 0 Å². The third-order valence-corrected chi connectivity index (χ3v) is 4.64. The van der Waals surface area contributed by atoms with Crippen molar-refractivity contribution >= 4 is 50.1 Å². The smallest absolute Gasteiger partial charge is 0.152 e. The normalized spacial score (nSPS) is 12.8. The van der Waals surface area contributed by atoms with Crippen molar-refractivity contribution in [1.82, 2.24) is 0 Å². The van der Waals surface area contributed by atoms with Gasteiger partial charge in [-0.15, -0.1) is 0 Å². The maximum absolute atomic E-state index is 6.25. The zero-order chi connectivity index (χ0) is 14.3. The molecule has 0 aliphatic rings. The maximum Gasteiger partial charge on any atom is 0.152 e. The van der Waals surface area contributed by atoms with E-state index >= 15 is 0 Å². The largest absolute Gasteiger partial charge is 0.457 e. The molecule has 2 nitrogen and oxygen atoms in total. The summed E-state index contributed by atoms with van der Waals surface area (Å²) in [5.74, 6) is 0.669. The van der Waals surface area contributed by atoms with Crippen molar-refractivity contribution in [2.45, 2.75) is 6.04 Å². The molecular weight excluding hydrogens is 361 g/mol. The molecule has 20 heavy (non-hydrogen) atoms. The van der Waals surface area contributed by atoms with E-state index in [0.717, 1.165) is 15.4 Å². The summed E-state index contributed by atoms with van der Waals surface area (Å²) in [7, 11) is 0. The molecule has 0 saturated carbocycles. The summed E-state index contributed by atoms with van der Waals surface area (Å²) in [6.07, 6.45) is 0. The summed E-state index contributed by atoms with van der Waals surface area (Å²) in [4.78, 5) is 0. The van der Waals surface area contributed by atoms with Crippen molar-refractivity contribution in [3.63, 3.8) is 0 Å². The van der Waals surface area contributed by atoms with Crippen LogP contribution in [0.2, 0.25) is 10.0 Å². The Kier molecular flexibility index (Phi) is 3.78. The van der Waals surface area contributed by atoms with Gasteiger partial charge < -0.3 is 10.2 Å². The van der Waals surface area contributed by atoms with E-state index in [9.17, 15) is 0 Å². The lowest BCUT2D eigenvalue weighted by Crippen LogP contribution is -2.10. The average Bonchev–Trinajstić information content (AvgIpc) is 2.86. The number of rotatable bonds is 2. The monoisotopic (exact) mass is 369 g/mol. The average molecular weight is 371 g/mol. The molecule has 0 amide bonds. The summed E-state index contributed by atoms with van der Waals surface area (Å²) < 4.78 is 6.59. The molecular formula is C15H10BrCl2NO. The van der Waals surface area contributed by atoms with Gasteiger partial charge in [0.15, 0.2) is 5.58 Å². The van der Waals surface area contributed by atoms with E-state index in [2.05, 4.69) is 15.9 Å². The molecule has 5 heteroatoms. The molecule has 3 rings (SSSR count). The number of halogens is 3. The lowest BCUT2D eigenvalue weighted by atomic mass is 10.1. The van der Waals surface area contributed by atoms with Gasteiger partial charge in [0.25, 0.3) is 0 Å². The minimum atomic E-state index is -0.368. The molecule has 0 spiro atoms.